The highest BCUT2D eigenvalue weighted by atomic mass is 35.5. The molecular weight excluding hydrogens is 389 g/mol. The summed E-state index contributed by atoms with van der Waals surface area (Å²) in [5.74, 6) is -0.896. The first-order chi connectivity index (χ1) is 13.0. The fourth-order valence-electron chi connectivity index (χ4n) is 2.60. The Bertz CT molecular complexity index is 872. The number of nitrogens with zero attached hydrogens (tertiary/aromatic N) is 2. The highest BCUT2D eigenvalue weighted by molar-refractivity contribution is 8.15. The summed E-state index contributed by atoms with van der Waals surface area (Å²) in [7, 11) is 0. The van der Waals surface area contributed by atoms with E-state index in [1.807, 2.05) is 6.92 Å². The molecule has 2 aromatic rings. The number of hydrogen-bond donors (Lipinski definition) is 1. The van der Waals surface area contributed by atoms with Gasteiger partial charge in [0.2, 0.25) is 11.8 Å². The van der Waals surface area contributed by atoms with Crippen LogP contribution in [0.2, 0.25) is 5.02 Å². The standard InChI is InChI=1S/C19H17ClFN3O2S/c1-2-22-19(23-14-7-5-13(21)6-8-14)27-16-11-17(25)24(18(16)26)15-9-3-12(20)4-10-15/h3-10,16H,2,11H2,1H3,(H,22,23)/t16-/m0/s1. The van der Waals surface area contributed by atoms with E-state index in [0.717, 1.165) is 0 Å². The number of carbonyl (C=O) groups excluding carboxylic acids is 2. The number of imide groups is 1. The molecule has 0 bridgehead atoms. The first-order valence-corrected chi connectivity index (χ1v) is 9.59. The van der Waals surface area contributed by atoms with E-state index in [2.05, 4.69) is 10.3 Å². The van der Waals surface area contributed by atoms with Crippen LogP contribution in [-0.4, -0.2) is 28.8 Å². The van der Waals surface area contributed by atoms with Crippen LogP contribution in [0.4, 0.5) is 15.8 Å². The van der Waals surface area contributed by atoms with Crippen LogP contribution in [0.5, 0.6) is 0 Å². The third-order valence-corrected chi connectivity index (χ3v) is 5.20. The minimum absolute atomic E-state index is 0.0833. The Hall–Kier alpha value is -2.38. The lowest BCUT2D eigenvalue weighted by Crippen LogP contribution is -2.31. The van der Waals surface area contributed by atoms with Gasteiger partial charge in [-0.25, -0.2) is 9.29 Å². The zero-order chi connectivity index (χ0) is 19.4. The van der Waals surface area contributed by atoms with Crippen LogP contribution in [0, 0.1) is 5.82 Å². The first kappa shape index (κ1) is 19.4. The maximum atomic E-state index is 13.1. The predicted molar refractivity (Wildman–Crippen MR) is 108 cm³/mol. The SMILES string of the molecule is CCN=C(Nc1ccc(F)cc1)S[C@H]1CC(=O)N(c2ccc(Cl)cc2)C1=O. The molecule has 1 saturated heterocycles. The monoisotopic (exact) mass is 405 g/mol. The molecule has 1 aliphatic rings. The van der Waals surface area contributed by atoms with Gasteiger partial charge in [-0.3, -0.25) is 14.6 Å². The Morgan fingerprint density at radius 1 is 1.22 bits per heavy atom. The molecule has 3 rings (SSSR count). The fourth-order valence-corrected chi connectivity index (χ4v) is 3.81. The van der Waals surface area contributed by atoms with Gasteiger partial charge in [-0.2, -0.15) is 0 Å². The zero-order valence-corrected chi connectivity index (χ0v) is 16.1. The molecule has 2 amide bonds. The van der Waals surface area contributed by atoms with Gasteiger partial charge < -0.3 is 5.32 Å². The minimum Gasteiger partial charge on any atom is -0.335 e. The molecule has 1 atom stereocenters. The third-order valence-electron chi connectivity index (χ3n) is 3.84. The summed E-state index contributed by atoms with van der Waals surface area (Å²) in [6.07, 6.45) is 0.0833. The van der Waals surface area contributed by atoms with Crippen molar-refractivity contribution in [2.45, 2.75) is 18.6 Å². The zero-order valence-electron chi connectivity index (χ0n) is 14.5. The molecule has 1 aliphatic heterocycles. The quantitative estimate of drug-likeness (QED) is 0.467. The summed E-state index contributed by atoms with van der Waals surface area (Å²) < 4.78 is 13.1. The van der Waals surface area contributed by atoms with Gasteiger partial charge in [0, 0.05) is 23.7 Å². The second-order valence-corrected chi connectivity index (χ2v) is 7.39. The van der Waals surface area contributed by atoms with Crippen LogP contribution < -0.4 is 10.2 Å². The number of thioether (sulfide) groups is 1. The van der Waals surface area contributed by atoms with Crippen molar-refractivity contribution in [2.75, 3.05) is 16.8 Å². The van der Waals surface area contributed by atoms with E-state index in [1.165, 1.54) is 28.8 Å². The molecular formula is C19H17ClFN3O2S. The lowest BCUT2D eigenvalue weighted by Gasteiger charge is -2.16. The number of nitrogens with one attached hydrogen (secondary N) is 1. The summed E-state index contributed by atoms with van der Waals surface area (Å²) in [4.78, 5) is 30.7. The molecule has 0 unspecified atom stereocenters. The molecule has 1 fully saturated rings. The Morgan fingerprint density at radius 2 is 1.89 bits per heavy atom. The van der Waals surface area contributed by atoms with E-state index in [9.17, 15) is 14.0 Å². The topological polar surface area (TPSA) is 61.8 Å². The van der Waals surface area contributed by atoms with Gasteiger partial charge in [-0.15, -0.1) is 0 Å². The van der Waals surface area contributed by atoms with Crippen molar-refractivity contribution in [3.8, 4) is 0 Å². The van der Waals surface area contributed by atoms with Gasteiger partial charge in [0.15, 0.2) is 5.17 Å². The normalized spacial score (nSPS) is 17.5. The molecule has 0 spiro atoms. The molecule has 27 heavy (non-hydrogen) atoms. The number of amides is 2. The third kappa shape index (κ3) is 4.67. The Morgan fingerprint density at radius 3 is 2.52 bits per heavy atom. The maximum Gasteiger partial charge on any atom is 0.247 e. The van der Waals surface area contributed by atoms with Crippen LogP contribution >= 0.6 is 23.4 Å². The average Bonchev–Trinajstić information content (AvgIpc) is 2.92. The van der Waals surface area contributed by atoms with Gasteiger partial charge in [0.05, 0.1) is 5.69 Å². The number of hydrogen-bond acceptors (Lipinski definition) is 4. The molecule has 0 radical (unpaired) electrons. The molecule has 0 aliphatic carbocycles. The fraction of sp³-hybridized carbons (Fsp3) is 0.211. The van der Waals surface area contributed by atoms with Crippen LogP contribution in [-0.2, 0) is 9.59 Å². The Balaban J connectivity index is 1.74. The maximum absolute atomic E-state index is 13.1. The summed E-state index contributed by atoms with van der Waals surface area (Å²) in [5, 5.41) is 3.54. The van der Waals surface area contributed by atoms with E-state index < -0.39 is 5.25 Å². The van der Waals surface area contributed by atoms with Crippen molar-refractivity contribution >= 4 is 51.7 Å². The van der Waals surface area contributed by atoms with E-state index in [1.54, 1.807) is 36.4 Å². The molecule has 1 heterocycles. The average molecular weight is 406 g/mol. The second-order valence-electron chi connectivity index (χ2n) is 5.77. The van der Waals surface area contributed by atoms with Gasteiger partial charge >= 0.3 is 0 Å². The van der Waals surface area contributed by atoms with E-state index >= 15 is 0 Å². The van der Waals surface area contributed by atoms with E-state index in [4.69, 9.17) is 11.6 Å². The summed E-state index contributed by atoms with van der Waals surface area (Å²) in [6, 6.07) is 12.4. The number of anilines is 2. The van der Waals surface area contributed by atoms with Crippen molar-refractivity contribution in [3.05, 3.63) is 59.4 Å². The van der Waals surface area contributed by atoms with Crippen LogP contribution in [0.3, 0.4) is 0 Å². The molecule has 8 heteroatoms. The largest absolute Gasteiger partial charge is 0.335 e. The molecule has 0 saturated carbocycles. The number of benzene rings is 2. The van der Waals surface area contributed by atoms with Gasteiger partial charge in [-0.05, 0) is 55.5 Å². The van der Waals surface area contributed by atoms with Gasteiger partial charge in [0.25, 0.3) is 0 Å². The molecule has 0 aromatic heterocycles. The summed E-state index contributed by atoms with van der Waals surface area (Å²) in [6.45, 7) is 2.38. The lowest BCUT2D eigenvalue weighted by atomic mass is 10.3. The molecule has 140 valence electrons. The molecule has 1 N–H and O–H groups in total. The van der Waals surface area contributed by atoms with Crippen LogP contribution in [0.15, 0.2) is 53.5 Å². The molecule has 5 nitrogen and oxygen atoms in total. The summed E-state index contributed by atoms with van der Waals surface area (Å²) >= 11 is 7.07. The van der Waals surface area contributed by atoms with Crippen molar-refractivity contribution in [1.29, 1.82) is 0 Å². The second kappa shape index (κ2) is 8.54. The number of rotatable bonds is 4. The van der Waals surface area contributed by atoms with Crippen molar-refractivity contribution in [1.82, 2.24) is 0 Å². The van der Waals surface area contributed by atoms with Crippen LogP contribution in [0.1, 0.15) is 13.3 Å². The molecule has 2 aromatic carbocycles. The summed E-state index contributed by atoms with van der Waals surface area (Å²) in [5.41, 5.74) is 1.15. The van der Waals surface area contributed by atoms with Crippen molar-refractivity contribution < 1.29 is 14.0 Å². The lowest BCUT2D eigenvalue weighted by molar-refractivity contribution is -0.121. The Labute approximate surface area is 165 Å². The number of carbonyl (C=O) groups is 2. The van der Waals surface area contributed by atoms with E-state index in [0.29, 0.717) is 28.1 Å². The van der Waals surface area contributed by atoms with Gasteiger partial charge in [-0.1, -0.05) is 23.4 Å². The number of amidine groups is 1. The Kier molecular flexibility index (Phi) is 6.13. The highest BCUT2D eigenvalue weighted by Gasteiger charge is 2.40. The smallest absolute Gasteiger partial charge is 0.247 e. The predicted octanol–water partition coefficient (Wildman–Crippen LogP) is 4.33. The number of aliphatic imine (C=N–C) groups is 1. The number of halogens is 2. The van der Waals surface area contributed by atoms with Crippen molar-refractivity contribution in [2.24, 2.45) is 4.99 Å². The van der Waals surface area contributed by atoms with E-state index in [-0.39, 0.29) is 24.1 Å². The van der Waals surface area contributed by atoms with Crippen LogP contribution in [0.25, 0.3) is 0 Å². The first-order valence-electron chi connectivity index (χ1n) is 8.34. The highest BCUT2D eigenvalue weighted by Crippen LogP contribution is 2.31. The minimum atomic E-state index is -0.577. The van der Waals surface area contributed by atoms with Crippen molar-refractivity contribution in [3.63, 3.8) is 0 Å². The van der Waals surface area contributed by atoms with Gasteiger partial charge in [0.1, 0.15) is 11.1 Å².